The van der Waals surface area contributed by atoms with Crippen molar-refractivity contribution in [2.45, 2.75) is 11.8 Å². The highest BCUT2D eigenvalue weighted by Crippen LogP contribution is 2.36. The summed E-state index contributed by atoms with van der Waals surface area (Å²) in [5.41, 5.74) is 13.9. The van der Waals surface area contributed by atoms with Crippen LogP contribution < -0.4 is 17.0 Å². The molecule has 6 nitrogen and oxygen atoms in total. The first-order chi connectivity index (χ1) is 11.9. The molecule has 128 valence electrons. The molecule has 0 aliphatic carbocycles. The number of hydrogen-bond acceptors (Lipinski definition) is 6. The minimum atomic E-state index is -0.635. The van der Waals surface area contributed by atoms with E-state index in [0.717, 1.165) is 16.7 Å². The molecule has 8 heteroatoms. The zero-order valence-corrected chi connectivity index (χ0v) is 14.4. The second kappa shape index (κ2) is 6.21. The summed E-state index contributed by atoms with van der Waals surface area (Å²) in [5.74, 6) is -0.635. The monoisotopic (exact) mass is 357 g/mol. The molecule has 1 aromatic carbocycles. The molecule has 0 spiro atoms. The van der Waals surface area contributed by atoms with E-state index in [2.05, 4.69) is 9.97 Å². The van der Waals surface area contributed by atoms with Gasteiger partial charge in [-0.3, -0.25) is 9.78 Å². The van der Waals surface area contributed by atoms with Crippen molar-refractivity contribution in [1.82, 2.24) is 9.97 Å². The van der Waals surface area contributed by atoms with Crippen LogP contribution in [0.2, 0.25) is 0 Å². The number of rotatable bonds is 3. The van der Waals surface area contributed by atoms with Crippen LogP contribution in [0.4, 0.5) is 15.8 Å². The van der Waals surface area contributed by atoms with Gasteiger partial charge in [-0.15, -0.1) is 11.8 Å². The molecule has 0 fully saturated rings. The van der Waals surface area contributed by atoms with E-state index in [1.54, 1.807) is 6.20 Å². The third-order valence-corrected chi connectivity index (χ3v) is 5.00. The van der Waals surface area contributed by atoms with Crippen molar-refractivity contribution in [1.29, 1.82) is 5.41 Å². The number of H-pyrrole nitrogens is 1. The summed E-state index contributed by atoms with van der Waals surface area (Å²) < 4.78 is 13.8. The molecule has 0 saturated heterocycles. The molecule has 25 heavy (non-hydrogen) atoms. The Labute approximate surface area is 147 Å². The Kier molecular flexibility index (Phi) is 4.22. The molecule has 0 aliphatic heterocycles. The lowest BCUT2D eigenvalue weighted by molar-refractivity contribution is 0.632. The third-order valence-electron chi connectivity index (χ3n) is 4.15. The third kappa shape index (κ3) is 2.54. The van der Waals surface area contributed by atoms with Gasteiger partial charge in [-0.1, -0.05) is 6.07 Å². The molecule has 0 bridgehead atoms. The van der Waals surface area contributed by atoms with E-state index in [9.17, 15) is 9.18 Å². The summed E-state index contributed by atoms with van der Waals surface area (Å²) in [6.07, 6.45) is 4.56. The van der Waals surface area contributed by atoms with Crippen molar-refractivity contribution in [2.75, 3.05) is 17.7 Å². The molecule has 2 aromatic heterocycles. The highest BCUT2D eigenvalue weighted by atomic mass is 32.2. The maximum Gasteiger partial charge on any atom is 0.272 e. The number of benzene rings is 1. The Morgan fingerprint density at radius 2 is 2.04 bits per heavy atom. The summed E-state index contributed by atoms with van der Waals surface area (Å²) in [7, 11) is 0. The van der Waals surface area contributed by atoms with Crippen LogP contribution in [0, 0.1) is 18.2 Å². The van der Waals surface area contributed by atoms with Crippen LogP contribution >= 0.6 is 11.8 Å². The second-order valence-electron chi connectivity index (χ2n) is 5.48. The number of thioether (sulfide) groups is 1. The first-order valence-corrected chi connectivity index (χ1v) is 8.57. The van der Waals surface area contributed by atoms with E-state index >= 15 is 0 Å². The van der Waals surface area contributed by atoms with Gasteiger partial charge in [-0.05, 0) is 30.4 Å². The van der Waals surface area contributed by atoms with Crippen LogP contribution in [-0.4, -0.2) is 22.4 Å². The van der Waals surface area contributed by atoms with Gasteiger partial charge < -0.3 is 21.9 Å². The zero-order valence-electron chi connectivity index (χ0n) is 13.6. The van der Waals surface area contributed by atoms with Crippen molar-refractivity contribution >= 4 is 40.4 Å². The molecule has 3 aromatic rings. The molecule has 0 aliphatic rings. The summed E-state index contributed by atoms with van der Waals surface area (Å²) >= 11 is 1.51. The summed E-state index contributed by atoms with van der Waals surface area (Å²) in [5, 5.41) is 7.59. The van der Waals surface area contributed by atoms with Crippen LogP contribution in [0.3, 0.4) is 0 Å². The van der Waals surface area contributed by atoms with Crippen LogP contribution in [0.1, 0.15) is 11.1 Å². The summed E-state index contributed by atoms with van der Waals surface area (Å²) in [6, 6.07) is 2.64. The average molecular weight is 357 g/mol. The standard InChI is InChI=1S/C17H16FN5OS/c1-7-11(25-2)6-22-16-12(14(21)17(24)23-15(7)16)8-3-4-10(18)13(20)9(8)5-19/h3-6,19H,20-21H2,1-2H3,(H,23,24). The SMILES string of the molecule is CSc1cnc2c(-c3ccc(F)c(N)c3C=N)c(N)c(=O)[nH]c2c1C. The Bertz CT molecular complexity index is 1080. The van der Waals surface area contributed by atoms with Crippen molar-refractivity contribution < 1.29 is 4.39 Å². The number of nitrogens with two attached hydrogens (primary N) is 2. The lowest BCUT2D eigenvalue weighted by Crippen LogP contribution is -2.15. The number of aromatic amines is 1. The highest BCUT2D eigenvalue weighted by Gasteiger charge is 2.20. The summed E-state index contributed by atoms with van der Waals surface area (Å²) in [6.45, 7) is 1.88. The number of nitrogen functional groups attached to an aromatic ring is 2. The minimum absolute atomic E-state index is 0.0505. The molecule has 0 radical (unpaired) electrons. The molecule has 0 amide bonds. The number of hydrogen-bond donors (Lipinski definition) is 4. The van der Waals surface area contributed by atoms with Crippen molar-refractivity contribution in [3.05, 3.63) is 45.6 Å². The number of nitrogens with zero attached hydrogens (tertiary/aromatic N) is 1. The minimum Gasteiger partial charge on any atom is -0.396 e. The van der Waals surface area contributed by atoms with E-state index in [1.807, 2.05) is 13.2 Å². The largest absolute Gasteiger partial charge is 0.396 e. The van der Waals surface area contributed by atoms with Gasteiger partial charge in [0.25, 0.3) is 5.56 Å². The van der Waals surface area contributed by atoms with Crippen LogP contribution in [0.15, 0.2) is 28.0 Å². The molecular weight excluding hydrogens is 341 g/mol. The Hall–Kier alpha value is -2.87. The smallest absolute Gasteiger partial charge is 0.272 e. The molecule has 0 saturated carbocycles. The van der Waals surface area contributed by atoms with E-state index in [0.29, 0.717) is 22.2 Å². The first-order valence-electron chi connectivity index (χ1n) is 7.34. The number of halogens is 1. The number of aryl methyl sites for hydroxylation is 1. The topological polar surface area (TPSA) is 122 Å². The quantitative estimate of drug-likeness (QED) is 0.326. The molecule has 0 unspecified atom stereocenters. The van der Waals surface area contributed by atoms with Gasteiger partial charge in [-0.25, -0.2) is 4.39 Å². The van der Waals surface area contributed by atoms with Gasteiger partial charge in [0, 0.05) is 28.4 Å². The normalized spacial score (nSPS) is 11.0. The first kappa shape index (κ1) is 17.0. The molecular formula is C17H16FN5OS. The fourth-order valence-electron chi connectivity index (χ4n) is 2.81. The number of nitrogens with one attached hydrogen (secondary N) is 2. The van der Waals surface area contributed by atoms with Crippen LogP contribution in [0.25, 0.3) is 22.2 Å². The Morgan fingerprint density at radius 3 is 2.68 bits per heavy atom. The van der Waals surface area contributed by atoms with E-state index in [1.165, 1.54) is 23.9 Å². The maximum absolute atomic E-state index is 13.8. The second-order valence-corrected chi connectivity index (χ2v) is 6.33. The summed E-state index contributed by atoms with van der Waals surface area (Å²) in [4.78, 5) is 20.5. The zero-order chi connectivity index (χ0) is 18.3. The fourth-order valence-corrected chi connectivity index (χ4v) is 3.38. The van der Waals surface area contributed by atoms with Gasteiger partial charge >= 0.3 is 0 Å². The highest BCUT2D eigenvalue weighted by molar-refractivity contribution is 7.98. The van der Waals surface area contributed by atoms with Gasteiger partial charge in [0.15, 0.2) is 0 Å². The predicted octanol–water partition coefficient (Wildman–Crippen LogP) is 2.92. The van der Waals surface area contributed by atoms with Crippen LogP contribution in [-0.2, 0) is 0 Å². The van der Waals surface area contributed by atoms with Crippen molar-refractivity contribution in [3.8, 4) is 11.1 Å². The lowest BCUT2D eigenvalue weighted by Gasteiger charge is -2.15. The van der Waals surface area contributed by atoms with E-state index in [4.69, 9.17) is 16.9 Å². The van der Waals surface area contributed by atoms with E-state index < -0.39 is 11.4 Å². The molecule has 2 heterocycles. The average Bonchev–Trinajstić information content (AvgIpc) is 2.60. The number of pyridine rings is 2. The van der Waals surface area contributed by atoms with Gasteiger partial charge in [0.1, 0.15) is 11.5 Å². The fraction of sp³-hybridized carbons (Fsp3) is 0.118. The number of aromatic nitrogens is 2. The van der Waals surface area contributed by atoms with Gasteiger partial charge in [0.2, 0.25) is 0 Å². The number of anilines is 2. The predicted molar refractivity (Wildman–Crippen MR) is 101 cm³/mol. The maximum atomic E-state index is 13.8. The molecule has 3 rings (SSSR count). The van der Waals surface area contributed by atoms with E-state index in [-0.39, 0.29) is 16.9 Å². The van der Waals surface area contributed by atoms with Gasteiger partial charge in [0.05, 0.1) is 16.7 Å². The Morgan fingerprint density at radius 1 is 1.32 bits per heavy atom. The van der Waals surface area contributed by atoms with Crippen LogP contribution in [0.5, 0.6) is 0 Å². The number of fused-ring (bicyclic) bond motifs is 1. The molecule has 6 N–H and O–H groups in total. The van der Waals surface area contributed by atoms with Crippen molar-refractivity contribution in [2.24, 2.45) is 0 Å². The van der Waals surface area contributed by atoms with Gasteiger partial charge in [-0.2, -0.15) is 0 Å². The lowest BCUT2D eigenvalue weighted by atomic mass is 9.96. The molecule has 0 atom stereocenters. The van der Waals surface area contributed by atoms with Crippen molar-refractivity contribution in [3.63, 3.8) is 0 Å². The Balaban J connectivity index is 2.51.